The van der Waals surface area contributed by atoms with Crippen molar-refractivity contribution in [3.8, 4) is 5.75 Å². The molecule has 1 aliphatic rings. The van der Waals surface area contributed by atoms with Crippen LogP contribution in [0.1, 0.15) is 63.8 Å². The van der Waals surface area contributed by atoms with E-state index in [-0.39, 0.29) is 10.8 Å². The normalized spacial score (nSPS) is 16.3. The van der Waals surface area contributed by atoms with Crippen molar-refractivity contribution >= 4 is 17.8 Å². The lowest BCUT2D eigenvalue weighted by molar-refractivity contribution is 0.131. The summed E-state index contributed by atoms with van der Waals surface area (Å²) in [5.74, 6) is 0.410. The van der Waals surface area contributed by atoms with Gasteiger partial charge >= 0.3 is 0 Å². The van der Waals surface area contributed by atoms with Gasteiger partial charge in [0.05, 0.1) is 6.21 Å². The fourth-order valence-electron chi connectivity index (χ4n) is 3.88. The zero-order chi connectivity index (χ0) is 22.8. The minimum atomic E-state index is -0.138. The molecule has 1 fully saturated rings. The van der Waals surface area contributed by atoms with Gasteiger partial charge in [-0.05, 0) is 46.2 Å². The molecule has 31 heavy (non-hydrogen) atoms. The van der Waals surface area contributed by atoms with Gasteiger partial charge in [0.2, 0.25) is 0 Å². The second kappa shape index (κ2) is 9.22. The van der Waals surface area contributed by atoms with E-state index < -0.39 is 0 Å². The van der Waals surface area contributed by atoms with E-state index in [0.717, 1.165) is 54.4 Å². The van der Waals surface area contributed by atoms with Crippen LogP contribution in [0, 0.1) is 0 Å². The molecule has 0 aliphatic carbocycles. The maximum atomic E-state index is 10.9. The summed E-state index contributed by atoms with van der Waals surface area (Å²) in [4.78, 5) is 2.45. The highest BCUT2D eigenvalue weighted by Gasteiger charge is 2.26. The van der Waals surface area contributed by atoms with E-state index in [4.69, 9.17) is 16.7 Å². The first-order valence-electron chi connectivity index (χ1n) is 11.1. The number of benzene rings is 2. The van der Waals surface area contributed by atoms with Gasteiger partial charge in [0.25, 0.3) is 0 Å². The molecule has 0 saturated carbocycles. The highest BCUT2D eigenvalue weighted by Crippen LogP contribution is 2.39. The molecule has 2 aromatic carbocycles. The average molecular weight is 442 g/mol. The van der Waals surface area contributed by atoms with Crippen LogP contribution in [0.15, 0.2) is 41.5 Å². The number of hydrogen-bond donors (Lipinski definition) is 1. The molecule has 3 rings (SSSR count). The van der Waals surface area contributed by atoms with Crippen LogP contribution in [-0.4, -0.2) is 47.4 Å². The van der Waals surface area contributed by atoms with Crippen molar-refractivity contribution in [2.45, 2.75) is 58.9 Å². The van der Waals surface area contributed by atoms with Crippen LogP contribution in [0.25, 0.3) is 0 Å². The topological polar surface area (TPSA) is 39.1 Å². The number of phenols is 1. The fourth-order valence-corrected chi connectivity index (χ4v) is 4.01. The van der Waals surface area contributed by atoms with Crippen LogP contribution in [-0.2, 0) is 17.4 Å². The van der Waals surface area contributed by atoms with Gasteiger partial charge in [0, 0.05) is 48.9 Å². The van der Waals surface area contributed by atoms with Gasteiger partial charge in [-0.2, -0.15) is 5.10 Å². The van der Waals surface area contributed by atoms with Gasteiger partial charge < -0.3 is 5.11 Å². The van der Waals surface area contributed by atoms with E-state index in [1.807, 2.05) is 18.3 Å². The van der Waals surface area contributed by atoms with Gasteiger partial charge in [-0.3, -0.25) is 9.91 Å². The Labute approximate surface area is 192 Å². The summed E-state index contributed by atoms with van der Waals surface area (Å²) >= 11 is 5.99. The standard InChI is InChI=1S/C26H36ClN3O/c1-25(2,3)22-15-20(16-23(24(22)31)26(4,5)6)17-28-30-13-11-29(12-14-30)18-19-7-9-21(27)10-8-19/h7-10,15-17,31H,11-14,18H2,1-6H3/b28-17+. The third-order valence-corrected chi connectivity index (χ3v) is 6.04. The first-order valence-corrected chi connectivity index (χ1v) is 11.4. The molecule has 1 N–H and O–H groups in total. The molecule has 5 heteroatoms. The lowest BCUT2D eigenvalue weighted by atomic mass is 9.78. The first-order chi connectivity index (χ1) is 14.4. The molecule has 4 nitrogen and oxygen atoms in total. The van der Waals surface area contributed by atoms with E-state index in [9.17, 15) is 5.11 Å². The Morgan fingerprint density at radius 3 is 1.90 bits per heavy atom. The Balaban J connectivity index is 1.69. The predicted molar refractivity (Wildman–Crippen MR) is 131 cm³/mol. The van der Waals surface area contributed by atoms with Gasteiger partial charge in [0.15, 0.2) is 0 Å². The van der Waals surface area contributed by atoms with Crippen LogP contribution in [0.3, 0.4) is 0 Å². The van der Waals surface area contributed by atoms with E-state index in [1.165, 1.54) is 5.56 Å². The number of aromatic hydroxyl groups is 1. The highest BCUT2D eigenvalue weighted by molar-refractivity contribution is 6.30. The van der Waals surface area contributed by atoms with Gasteiger partial charge in [-0.1, -0.05) is 65.3 Å². The maximum Gasteiger partial charge on any atom is 0.123 e. The minimum Gasteiger partial charge on any atom is -0.507 e. The van der Waals surface area contributed by atoms with E-state index in [0.29, 0.717) is 5.75 Å². The zero-order valence-electron chi connectivity index (χ0n) is 19.7. The van der Waals surface area contributed by atoms with Crippen molar-refractivity contribution in [1.82, 2.24) is 9.91 Å². The number of piperazine rings is 1. The molecule has 168 valence electrons. The summed E-state index contributed by atoms with van der Waals surface area (Å²) < 4.78 is 0. The molecule has 2 aromatic rings. The smallest absolute Gasteiger partial charge is 0.123 e. The first kappa shape index (κ1) is 23.6. The predicted octanol–water partition coefficient (Wildman–Crippen LogP) is 5.79. The quantitative estimate of drug-likeness (QED) is 0.610. The van der Waals surface area contributed by atoms with Crippen molar-refractivity contribution in [3.05, 3.63) is 63.7 Å². The van der Waals surface area contributed by atoms with Crippen LogP contribution in [0.2, 0.25) is 5.02 Å². The SMILES string of the molecule is CC(C)(C)c1cc(/C=N/N2CCN(Cc3ccc(Cl)cc3)CC2)cc(C(C)(C)C)c1O. The number of nitrogens with zero attached hydrogens (tertiary/aromatic N) is 3. The van der Waals surface area contributed by atoms with E-state index >= 15 is 0 Å². The second-order valence-corrected chi connectivity index (χ2v) is 11.0. The molecule has 1 aliphatic heterocycles. The summed E-state index contributed by atoms with van der Waals surface area (Å²) in [5.41, 5.74) is 3.98. The van der Waals surface area contributed by atoms with Crippen molar-refractivity contribution < 1.29 is 5.11 Å². The lowest BCUT2D eigenvalue weighted by Crippen LogP contribution is -2.43. The second-order valence-electron chi connectivity index (χ2n) is 10.6. The maximum absolute atomic E-state index is 10.9. The van der Waals surface area contributed by atoms with Crippen LogP contribution < -0.4 is 0 Å². The monoisotopic (exact) mass is 441 g/mol. The van der Waals surface area contributed by atoms with Crippen molar-refractivity contribution in [2.24, 2.45) is 5.10 Å². The van der Waals surface area contributed by atoms with E-state index in [1.54, 1.807) is 0 Å². The molecule has 0 bridgehead atoms. The Morgan fingerprint density at radius 1 is 0.903 bits per heavy atom. The van der Waals surface area contributed by atoms with Crippen molar-refractivity contribution in [3.63, 3.8) is 0 Å². The highest BCUT2D eigenvalue weighted by atomic mass is 35.5. The lowest BCUT2D eigenvalue weighted by Gasteiger charge is -2.33. The fraction of sp³-hybridized carbons (Fsp3) is 0.500. The Kier molecular flexibility index (Phi) is 7.02. The van der Waals surface area contributed by atoms with Gasteiger partial charge in [-0.25, -0.2) is 0 Å². The number of hydrogen-bond acceptors (Lipinski definition) is 4. The van der Waals surface area contributed by atoms with Gasteiger partial charge in [-0.15, -0.1) is 0 Å². The molecule has 0 unspecified atom stereocenters. The average Bonchev–Trinajstić information content (AvgIpc) is 2.68. The third kappa shape index (κ3) is 6.24. The molecule has 0 amide bonds. The largest absolute Gasteiger partial charge is 0.507 e. The Morgan fingerprint density at radius 2 is 1.42 bits per heavy atom. The number of hydrazone groups is 1. The Hall–Kier alpha value is -2.04. The van der Waals surface area contributed by atoms with Crippen molar-refractivity contribution in [1.29, 1.82) is 0 Å². The molecule has 1 heterocycles. The zero-order valence-corrected chi connectivity index (χ0v) is 20.5. The van der Waals surface area contributed by atoms with Crippen LogP contribution in [0.4, 0.5) is 0 Å². The molecule has 0 spiro atoms. The number of halogens is 1. The van der Waals surface area contributed by atoms with Crippen molar-refractivity contribution in [2.75, 3.05) is 26.2 Å². The molecule has 1 saturated heterocycles. The minimum absolute atomic E-state index is 0.138. The van der Waals surface area contributed by atoms with Crippen LogP contribution in [0.5, 0.6) is 5.75 Å². The van der Waals surface area contributed by atoms with Crippen LogP contribution >= 0.6 is 11.6 Å². The summed E-state index contributed by atoms with van der Waals surface area (Å²) in [6, 6.07) is 12.2. The summed E-state index contributed by atoms with van der Waals surface area (Å²) in [5, 5.41) is 18.6. The molecular weight excluding hydrogens is 406 g/mol. The van der Waals surface area contributed by atoms with Gasteiger partial charge in [0.1, 0.15) is 5.75 Å². The Bertz CT molecular complexity index is 880. The van der Waals surface area contributed by atoms with E-state index in [2.05, 4.69) is 75.7 Å². The molecular formula is C26H36ClN3O. The molecule has 0 atom stereocenters. The summed E-state index contributed by atoms with van der Waals surface area (Å²) in [6.45, 7) is 17.5. The third-order valence-electron chi connectivity index (χ3n) is 5.79. The molecule has 0 aromatic heterocycles. The summed E-state index contributed by atoms with van der Waals surface area (Å²) in [6.07, 6.45) is 1.94. The number of rotatable bonds is 4. The molecule has 0 radical (unpaired) electrons. The number of phenolic OH excluding ortho intramolecular Hbond substituents is 1. The summed E-state index contributed by atoms with van der Waals surface area (Å²) in [7, 11) is 0.